The van der Waals surface area contributed by atoms with E-state index in [1.165, 1.54) is 12.0 Å². The average molecular weight is 347 g/mol. The van der Waals surface area contributed by atoms with Gasteiger partial charge in [0.15, 0.2) is 0 Å². The standard InChI is InChI=1S/C22H25N3O/c1-16-10-12-18(13-11-16)22-23-19-8-3-4-9-20(19)25(22)15-21(26)24-14-6-5-7-17(24)2/h3-4,8-13,17H,5-7,14-15H2,1-2H3. The first-order valence-electron chi connectivity index (χ1n) is 9.45. The Morgan fingerprint density at radius 1 is 1.12 bits per heavy atom. The molecule has 26 heavy (non-hydrogen) atoms. The minimum Gasteiger partial charge on any atom is -0.338 e. The summed E-state index contributed by atoms with van der Waals surface area (Å²) >= 11 is 0. The van der Waals surface area contributed by atoms with Gasteiger partial charge in [0.25, 0.3) is 0 Å². The zero-order chi connectivity index (χ0) is 18.1. The van der Waals surface area contributed by atoms with Crippen molar-refractivity contribution in [1.29, 1.82) is 0 Å². The third kappa shape index (κ3) is 3.12. The molecule has 1 atom stereocenters. The summed E-state index contributed by atoms with van der Waals surface area (Å²) in [4.78, 5) is 19.9. The lowest BCUT2D eigenvalue weighted by molar-refractivity contribution is -0.134. The predicted octanol–water partition coefficient (Wildman–Crippen LogP) is 4.41. The summed E-state index contributed by atoms with van der Waals surface area (Å²) in [6, 6.07) is 16.7. The molecule has 4 nitrogen and oxygen atoms in total. The number of benzene rings is 2. The van der Waals surface area contributed by atoms with Gasteiger partial charge in [-0.25, -0.2) is 4.98 Å². The molecule has 4 rings (SSSR count). The summed E-state index contributed by atoms with van der Waals surface area (Å²) in [7, 11) is 0. The summed E-state index contributed by atoms with van der Waals surface area (Å²) in [5.74, 6) is 1.05. The minimum absolute atomic E-state index is 0.189. The van der Waals surface area contributed by atoms with Gasteiger partial charge in [0.1, 0.15) is 12.4 Å². The van der Waals surface area contributed by atoms with Crippen LogP contribution in [0.4, 0.5) is 0 Å². The molecule has 0 saturated carbocycles. The molecule has 0 N–H and O–H groups in total. The van der Waals surface area contributed by atoms with Crippen LogP contribution in [-0.2, 0) is 11.3 Å². The third-order valence-electron chi connectivity index (χ3n) is 5.38. The Bertz CT molecular complexity index is 926. The number of amides is 1. The zero-order valence-electron chi connectivity index (χ0n) is 15.5. The normalized spacial score (nSPS) is 17.6. The maximum atomic E-state index is 13.0. The Labute approximate surface area is 154 Å². The number of carbonyl (C=O) groups excluding carboxylic acids is 1. The van der Waals surface area contributed by atoms with Crippen LogP contribution in [-0.4, -0.2) is 32.9 Å². The van der Waals surface area contributed by atoms with Crippen molar-refractivity contribution in [2.75, 3.05) is 6.54 Å². The molecular formula is C22H25N3O. The van der Waals surface area contributed by atoms with Crippen molar-refractivity contribution in [3.05, 3.63) is 54.1 Å². The average Bonchev–Trinajstić information content (AvgIpc) is 3.01. The van der Waals surface area contributed by atoms with E-state index in [-0.39, 0.29) is 5.91 Å². The number of rotatable bonds is 3. The Balaban J connectivity index is 1.74. The fourth-order valence-corrected chi connectivity index (χ4v) is 3.85. The van der Waals surface area contributed by atoms with E-state index >= 15 is 0 Å². The number of para-hydroxylation sites is 2. The number of aryl methyl sites for hydroxylation is 1. The number of piperidine rings is 1. The number of fused-ring (bicyclic) bond motifs is 1. The number of carbonyl (C=O) groups is 1. The van der Waals surface area contributed by atoms with E-state index in [0.29, 0.717) is 12.6 Å². The van der Waals surface area contributed by atoms with Gasteiger partial charge in [0, 0.05) is 18.2 Å². The van der Waals surface area contributed by atoms with Crippen molar-refractivity contribution in [2.45, 2.75) is 45.7 Å². The fourth-order valence-electron chi connectivity index (χ4n) is 3.85. The van der Waals surface area contributed by atoms with Gasteiger partial charge < -0.3 is 9.47 Å². The number of hydrogen-bond acceptors (Lipinski definition) is 2. The molecule has 2 aromatic carbocycles. The van der Waals surface area contributed by atoms with E-state index in [1.54, 1.807) is 0 Å². The highest BCUT2D eigenvalue weighted by atomic mass is 16.2. The number of nitrogens with zero attached hydrogens (tertiary/aromatic N) is 3. The van der Waals surface area contributed by atoms with Gasteiger partial charge in [-0.15, -0.1) is 0 Å². The molecule has 134 valence electrons. The van der Waals surface area contributed by atoms with Gasteiger partial charge in [-0.3, -0.25) is 4.79 Å². The molecular weight excluding hydrogens is 322 g/mol. The second-order valence-electron chi connectivity index (χ2n) is 7.31. The topological polar surface area (TPSA) is 38.1 Å². The van der Waals surface area contributed by atoms with Crippen LogP contribution in [0, 0.1) is 6.92 Å². The molecule has 1 aliphatic rings. The molecule has 1 unspecified atom stereocenters. The molecule has 0 radical (unpaired) electrons. The summed E-state index contributed by atoms with van der Waals surface area (Å²) in [6.45, 7) is 5.44. The Morgan fingerprint density at radius 2 is 1.88 bits per heavy atom. The molecule has 2 heterocycles. The Hall–Kier alpha value is -2.62. The fraction of sp³-hybridized carbons (Fsp3) is 0.364. The SMILES string of the molecule is Cc1ccc(-c2nc3ccccc3n2CC(=O)N2CCCCC2C)cc1. The number of aromatic nitrogens is 2. The van der Waals surface area contributed by atoms with E-state index in [9.17, 15) is 4.79 Å². The summed E-state index contributed by atoms with van der Waals surface area (Å²) in [5.41, 5.74) is 4.21. The van der Waals surface area contributed by atoms with Crippen molar-refractivity contribution in [3.8, 4) is 11.4 Å². The van der Waals surface area contributed by atoms with Crippen molar-refractivity contribution in [1.82, 2.24) is 14.5 Å². The van der Waals surface area contributed by atoms with Gasteiger partial charge in [0.2, 0.25) is 5.91 Å². The molecule has 1 amide bonds. The van der Waals surface area contributed by atoms with Crippen LogP contribution in [0.15, 0.2) is 48.5 Å². The van der Waals surface area contributed by atoms with Crippen LogP contribution >= 0.6 is 0 Å². The molecule has 0 spiro atoms. The van der Waals surface area contributed by atoms with Gasteiger partial charge in [-0.2, -0.15) is 0 Å². The highest BCUT2D eigenvalue weighted by Gasteiger charge is 2.24. The van der Waals surface area contributed by atoms with Gasteiger partial charge in [-0.05, 0) is 45.2 Å². The van der Waals surface area contributed by atoms with E-state index in [0.717, 1.165) is 41.8 Å². The second-order valence-corrected chi connectivity index (χ2v) is 7.31. The van der Waals surface area contributed by atoms with Crippen molar-refractivity contribution in [2.24, 2.45) is 0 Å². The van der Waals surface area contributed by atoms with Crippen LogP contribution < -0.4 is 0 Å². The monoisotopic (exact) mass is 347 g/mol. The molecule has 1 aliphatic heterocycles. The lowest BCUT2D eigenvalue weighted by Gasteiger charge is -2.33. The Kier molecular flexibility index (Phi) is 4.49. The first kappa shape index (κ1) is 16.8. The summed E-state index contributed by atoms with van der Waals surface area (Å²) in [6.07, 6.45) is 3.42. The first-order valence-corrected chi connectivity index (χ1v) is 9.45. The van der Waals surface area contributed by atoms with Gasteiger partial charge >= 0.3 is 0 Å². The van der Waals surface area contributed by atoms with Crippen LogP contribution in [0.25, 0.3) is 22.4 Å². The quantitative estimate of drug-likeness (QED) is 0.704. The Morgan fingerprint density at radius 3 is 2.65 bits per heavy atom. The van der Waals surface area contributed by atoms with E-state index in [2.05, 4.69) is 42.7 Å². The highest BCUT2D eigenvalue weighted by molar-refractivity contribution is 5.84. The minimum atomic E-state index is 0.189. The maximum absolute atomic E-state index is 13.0. The van der Waals surface area contributed by atoms with Gasteiger partial charge in [-0.1, -0.05) is 42.0 Å². The van der Waals surface area contributed by atoms with Crippen LogP contribution in [0.2, 0.25) is 0 Å². The smallest absolute Gasteiger partial charge is 0.242 e. The molecule has 0 aliphatic carbocycles. The lowest BCUT2D eigenvalue weighted by atomic mass is 10.0. The molecule has 1 saturated heterocycles. The van der Waals surface area contributed by atoms with Gasteiger partial charge in [0.05, 0.1) is 11.0 Å². The molecule has 0 bridgehead atoms. The molecule has 1 aromatic heterocycles. The largest absolute Gasteiger partial charge is 0.338 e. The highest BCUT2D eigenvalue weighted by Crippen LogP contribution is 2.26. The third-order valence-corrected chi connectivity index (χ3v) is 5.38. The summed E-state index contributed by atoms with van der Waals surface area (Å²) in [5, 5.41) is 0. The van der Waals surface area contributed by atoms with Crippen molar-refractivity contribution >= 4 is 16.9 Å². The zero-order valence-corrected chi connectivity index (χ0v) is 15.5. The maximum Gasteiger partial charge on any atom is 0.242 e. The second kappa shape index (κ2) is 6.94. The van der Waals surface area contributed by atoms with Crippen molar-refractivity contribution in [3.63, 3.8) is 0 Å². The van der Waals surface area contributed by atoms with Crippen LogP contribution in [0.3, 0.4) is 0 Å². The number of hydrogen-bond donors (Lipinski definition) is 0. The van der Waals surface area contributed by atoms with E-state index < -0.39 is 0 Å². The van der Waals surface area contributed by atoms with E-state index in [1.807, 2.05) is 29.2 Å². The lowest BCUT2D eigenvalue weighted by Crippen LogP contribution is -2.43. The van der Waals surface area contributed by atoms with Crippen molar-refractivity contribution < 1.29 is 4.79 Å². The molecule has 3 aromatic rings. The predicted molar refractivity (Wildman–Crippen MR) is 105 cm³/mol. The molecule has 4 heteroatoms. The summed E-state index contributed by atoms with van der Waals surface area (Å²) < 4.78 is 2.07. The first-order chi connectivity index (χ1) is 12.6. The molecule has 1 fully saturated rings. The van der Waals surface area contributed by atoms with Crippen LogP contribution in [0.1, 0.15) is 31.7 Å². The van der Waals surface area contributed by atoms with Crippen LogP contribution in [0.5, 0.6) is 0 Å². The number of imidazole rings is 1. The van der Waals surface area contributed by atoms with E-state index in [4.69, 9.17) is 4.98 Å². The number of likely N-dealkylation sites (tertiary alicyclic amines) is 1.